The molecule has 2 aliphatic rings. The number of hydrogen-bond acceptors (Lipinski definition) is 5. The number of hydrogen-bond donors (Lipinski definition) is 1. The number of aliphatic hydroxyl groups is 1. The minimum atomic E-state index is -0.495. The molecule has 4 rings (SSSR count). The molecule has 6 nitrogen and oxygen atoms in total. The van der Waals surface area contributed by atoms with Crippen molar-refractivity contribution in [3.63, 3.8) is 0 Å². The summed E-state index contributed by atoms with van der Waals surface area (Å²) in [6, 6.07) is 15.6. The lowest BCUT2D eigenvalue weighted by atomic mass is 9.82. The lowest BCUT2D eigenvalue weighted by Crippen LogP contribution is -2.53. The van der Waals surface area contributed by atoms with Gasteiger partial charge in [-0.05, 0) is 17.7 Å². The molecule has 2 fully saturated rings. The molecular weight excluding hydrogens is 382 g/mol. The molecule has 160 valence electrons. The van der Waals surface area contributed by atoms with Crippen LogP contribution in [0.1, 0.15) is 41.8 Å². The van der Waals surface area contributed by atoms with Gasteiger partial charge in [0.25, 0.3) is 5.91 Å². The maximum atomic E-state index is 13.3. The molecule has 30 heavy (non-hydrogen) atoms. The number of amides is 1. The van der Waals surface area contributed by atoms with E-state index in [1.807, 2.05) is 49.1 Å². The van der Waals surface area contributed by atoms with Gasteiger partial charge >= 0.3 is 0 Å². The first-order valence-electron chi connectivity index (χ1n) is 10.3. The standard InChI is InChI=1S/C24H29NO5/c1-23(2,15-26)19-10-9-17(13-20(19)28-3)22(27)25-12-11-24(18-7-5-4-6-8-18)21(14-25)29-16-30-24/h4-10,13,21,26H,11-12,14-16H2,1-3H3/t21-,24-/m1/s1. The van der Waals surface area contributed by atoms with Gasteiger partial charge in [-0.1, -0.05) is 50.2 Å². The van der Waals surface area contributed by atoms with Gasteiger partial charge in [0.05, 0.1) is 20.3 Å². The van der Waals surface area contributed by atoms with Crippen molar-refractivity contribution < 1.29 is 24.1 Å². The van der Waals surface area contributed by atoms with E-state index >= 15 is 0 Å². The topological polar surface area (TPSA) is 68.2 Å². The highest BCUT2D eigenvalue weighted by Crippen LogP contribution is 2.42. The number of nitrogens with zero attached hydrogens (tertiary/aromatic N) is 1. The summed E-state index contributed by atoms with van der Waals surface area (Å²) in [4.78, 5) is 15.1. The number of carbonyl (C=O) groups is 1. The molecule has 2 saturated heterocycles. The Morgan fingerprint density at radius 3 is 2.73 bits per heavy atom. The lowest BCUT2D eigenvalue weighted by molar-refractivity contribution is -0.0439. The van der Waals surface area contributed by atoms with Crippen molar-refractivity contribution in [2.24, 2.45) is 0 Å². The zero-order chi connectivity index (χ0) is 21.4. The third-order valence-electron chi connectivity index (χ3n) is 6.37. The van der Waals surface area contributed by atoms with Crippen LogP contribution in [0.2, 0.25) is 0 Å². The molecule has 2 aliphatic heterocycles. The van der Waals surface area contributed by atoms with Gasteiger partial charge in [-0.2, -0.15) is 0 Å². The van der Waals surface area contributed by atoms with Crippen molar-refractivity contribution in [2.75, 3.05) is 33.6 Å². The van der Waals surface area contributed by atoms with Crippen LogP contribution in [-0.4, -0.2) is 55.6 Å². The Hall–Kier alpha value is -2.41. The number of benzene rings is 2. The molecule has 0 aromatic heterocycles. The van der Waals surface area contributed by atoms with E-state index in [4.69, 9.17) is 14.2 Å². The Morgan fingerprint density at radius 2 is 2.03 bits per heavy atom. The molecule has 0 bridgehead atoms. The first-order chi connectivity index (χ1) is 14.4. The molecule has 0 unspecified atom stereocenters. The molecule has 1 amide bonds. The zero-order valence-electron chi connectivity index (χ0n) is 17.8. The van der Waals surface area contributed by atoms with Gasteiger partial charge in [0.1, 0.15) is 24.2 Å². The number of ether oxygens (including phenoxy) is 3. The maximum Gasteiger partial charge on any atom is 0.254 e. The fourth-order valence-corrected chi connectivity index (χ4v) is 4.44. The predicted octanol–water partition coefficient (Wildman–Crippen LogP) is 3.08. The summed E-state index contributed by atoms with van der Waals surface area (Å²) in [6.07, 6.45) is 0.479. The van der Waals surface area contributed by atoms with E-state index in [9.17, 15) is 9.90 Å². The highest BCUT2D eigenvalue weighted by molar-refractivity contribution is 5.95. The number of piperidine rings is 1. The highest BCUT2D eigenvalue weighted by atomic mass is 16.7. The normalized spacial score (nSPS) is 23.9. The monoisotopic (exact) mass is 411 g/mol. The van der Waals surface area contributed by atoms with Gasteiger partial charge in [-0.15, -0.1) is 0 Å². The Labute approximate surface area is 177 Å². The molecule has 2 aromatic carbocycles. The van der Waals surface area contributed by atoms with Crippen molar-refractivity contribution in [1.82, 2.24) is 4.90 Å². The summed E-state index contributed by atoms with van der Waals surface area (Å²) in [5.74, 6) is 0.551. The van der Waals surface area contributed by atoms with Gasteiger partial charge < -0.3 is 24.2 Å². The summed E-state index contributed by atoms with van der Waals surface area (Å²) in [5.41, 5.74) is 1.58. The SMILES string of the molecule is COc1cc(C(=O)N2CC[C@]3(c4ccccc4)OCO[C@@H]3C2)ccc1C(C)(C)CO. The zero-order valence-corrected chi connectivity index (χ0v) is 17.8. The number of fused-ring (bicyclic) bond motifs is 1. The van der Waals surface area contributed by atoms with Crippen molar-refractivity contribution in [2.45, 2.75) is 37.4 Å². The third kappa shape index (κ3) is 3.49. The number of aliphatic hydroxyl groups excluding tert-OH is 1. The average molecular weight is 411 g/mol. The van der Waals surface area contributed by atoms with Crippen LogP contribution in [0, 0.1) is 0 Å². The van der Waals surface area contributed by atoms with Crippen LogP contribution >= 0.6 is 0 Å². The second-order valence-corrected chi connectivity index (χ2v) is 8.63. The van der Waals surface area contributed by atoms with E-state index in [-0.39, 0.29) is 25.4 Å². The van der Waals surface area contributed by atoms with Crippen LogP contribution in [0.25, 0.3) is 0 Å². The van der Waals surface area contributed by atoms with E-state index in [0.717, 1.165) is 11.1 Å². The molecule has 2 heterocycles. The summed E-state index contributed by atoms with van der Waals surface area (Å²) < 4.78 is 17.5. The Bertz CT molecular complexity index is 913. The van der Waals surface area contributed by atoms with E-state index in [2.05, 4.69) is 12.1 Å². The van der Waals surface area contributed by atoms with Crippen LogP contribution in [0.15, 0.2) is 48.5 Å². The molecule has 0 aliphatic carbocycles. The van der Waals surface area contributed by atoms with Crippen LogP contribution < -0.4 is 4.74 Å². The second kappa shape index (κ2) is 8.02. The van der Waals surface area contributed by atoms with E-state index in [1.165, 1.54) is 0 Å². The van der Waals surface area contributed by atoms with Crippen molar-refractivity contribution in [3.05, 3.63) is 65.2 Å². The largest absolute Gasteiger partial charge is 0.496 e. The molecule has 0 spiro atoms. The molecule has 6 heteroatoms. The number of carbonyl (C=O) groups excluding carboxylic acids is 1. The summed E-state index contributed by atoms with van der Waals surface area (Å²) in [6.45, 7) is 5.17. The fraction of sp³-hybridized carbons (Fsp3) is 0.458. The van der Waals surface area contributed by atoms with Gasteiger partial charge in [0.2, 0.25) is 0 Å². The molecule has 0 radical (unpaired) electrons. The Kier molecular flexibility index (Phi) is 5.57. The molecule has 0 saturated carbocycles. The first kappa shape index (κ1) is 20.8. The van der Waals surface area contributed by atoms with E-state index in [0.29, 0.717) is 30.8 Å². The number of likely N-dealkylation sites (tertiary alicyclic amines) is 1. The van der Waals surface area contributed by atoms with Crippen LogP contribution in [0.3, 0.4) is 0 Å². The van der Waals surface area contributed by atoms with Crippen molar-refractivity contribution in [3.8, 4) is 5.75 Å². The average Bonchev–Trinajstić information content (AvgIpc) is 3.23. The predicted molar refractivity (Wildman–Crippen MR) is 113 cm³/mol. The van der Waals surface area contributed by atoms with Gasteiger partial charge in [-0.25, -0.2) is 0 Å². The minimum Gasteiger partial charge on any atom is -0.496 e. The fourth-order valence-electron chi connectivity index (χ4n) is 4.44. The minimum absolute atomic E-state index is 0.0106. The smallest absolute Gasteiger partial charge is 0.254 e. The van der Waals surface area contributed by atoms with Gasteiger partial charge in [0.15, 0.2) is 0 Å². The van der Waals surface area contributed by atoms with Gasteiger partial charge in [0, 0.05) is 29.5 Å². The van der Waals surface area contributed by atoms with E-state index < -0.39 is 11.0 Å². The second-order valence-electron chi connectivity index (χ2n) is 8.63. The highest BCUT2D eigenvalue weighted by Gasteiger charge is 2.51. The molecule has 1 N–H and O–H groups in total. The van der Waals surface area contributed by atoms with E-state index in [1.54, 1.807) is 13.2 Å². The van der Waals surface area contributed by atoms with Gasteiger partial charge in [-0.3, -0.25) is 4.79 Å². The summed E-state index contributed by atoms with van der Waals surface area (Å²) in [5, 5.41) is 9.70. The number of rotatable bonds is 5. The lowest BCUT2D eigenvalue weighted by Gasteiger charge is -2.42. The maximum absolute atomic E-state index is 13.3. The van der Waals surface area contributed by atoms with Crippen molar-refractivity contribution in [1.29, 1.82) is 0 Å². The Morgan fingerprint density at radius 1 is 1.27 bits per heavy atom. The molecule has 2 aromatic rings. The van der Waals surface area contributed by atoms with Crippen LogP contribution in [0.4, 0.5) is 0 Å². The van der Waals surface area contributed by atoms with Crippen LogP contribution in [0.5, 0.6) is 5.75 Å². The quantitative estimate of drug-likeness (QED) is 0.819. The third-order valence-corrected chi connectivity index (χ3v) is 6.37. The summed E-state index contributed by atoms with van der Waals surface area (Å²) in [7, 11) is 1.58. The Balaban J connectivity index is 1.56. The molecular formula is C24H29NO5. The first-order valence-corrected chi connectivity index (χ1v) is 10.3. The van der Waals surface area contributed by atoms with Crippen molar-refractivity contribution >= 4 is 5.91 Å². The molecule has 2 atom stereocenters. The number of methoxy groups -OCH3 is 1. The summed E-state index contributed by atoms with van der Waals surface area (Å²) >= 11 is 0. The van der Waals surface area contributed by atoms with Crippen LogP contribution in [-0.2, 0) is 20.5 Å².